The molecule has 0 spiro atoms. The van der Waals surface area contributed by atoms with Gasteiger partial charge in [0.1, 0.15) is 12.2 Å². The van der Waals surface area contributed by atoms with Crippen LogP contribution in [-0.4, -0.2) is 40.1 Å². The van der Waals surface area contributed by atoms with Crippen LogP contribution >= 0.6 is 0 Å². The lowest BCUT2D eigenvalue weighted by Gasteiger charge is -2.23. The molecule has 0 aliphatic heterocycles. The smallest absolute Gasteiger partial charge is 0.264 e. The number of amides is 2. The van der Waals surface area contributed by atoms with Gasteiger partial charge in [-0.3, -0.25) is 13.9 Å². The van der Waals surface area contributed by atoms with Gasteiger partial charge in [-0.15, -0.1) is 0 Å². The molecular formula is C26H25N5O5S. The summed E-state index contributed by atoms with van der Waals surface area (Å²) in [5.41, 5.74) is 3.78. The summed E-state index contributed by atoms with van der Waals surface area (Å²) in [5, 5.41) is 15.4. The first-order valence-electron chi connectivity index (χ1n) is 11.1. The first kappa shape index (κ1) is 26.9. The Labute approximate surface area is 215 Å². The predicted molar refractivity (Wildman–Crippen MR) is 140 cm³/mol. The molecular weight excluding hydrogens is 494 g/mol. The second kappa shape index (κ2) is 12.9. The fraction of sp³-hybridized carbons (Fsp3) is 0.154. The Morgan fingerprint density at radius 1 is 1.00 bits per heavy atom. The Morgan fingerprint density at radius 2 is 1.68 bits per heavy atom. The van der Waals surface area contributed by atoms with Crippen LogP contribution in [0.5, 0.6) is 5.75 Å². The van der Waals surface area contributed by atoms with Crippen LogP contribution in [0.2, 0.25) is 0 Å². The normalized spacial score (nSPS) is 10.9. The fourth-order valence-corrected chi connectivity index (χ4v) is 4.72. The van der Waals surface area contributed by atoms with E-state index in [0.29, 0.717) is 22.7 Å². The number of sulfonamides is 1. The molecule has 11 heteroatoms. The number of nitrogens with zero attached hydrogens (tertiary/aromatic N) is 3. The molecule has 3 aromatic rings. The summed E-state index contributed by atoms with van der Waals surface area (Å²) in [5.74, 6) is -0.458. The minimum atomic E-state index is -3.86. The zero-order valence-corrected chi connectivity index (χ0v) is 20.8. The zero-order valence-electron chi connectivity index (χ0n) is 20.0. The number of nitriles is 1. The number of hydrogen-bond donors (Lipinski definition) is 2. The highest BCUT2D eigenvalue weighted by Crippen LogP contribution is 2.24. The second-order valence-corrected chi connectivity index (χ2v) is 9.50. The zero-order chi connectivity index (χ0) is 26.7. The van der Waals surface area contributed by atoms with E-state index in [-0.39, 0.29) is 17.9 Å². The number of carbonyl (C=O) groups excluding carboxylic acids is 2. The van der Waals surface area contributed by atoms with Crippen molar-refractivity contribution in [2.24, 2.45) is 5.10 Å². The SMILES string of the molecule is COc1ccc(NC(=O)CC(=O)NN=Cc2ccc(N(CCC#N)S(=O)(=O)c3ccccc3)cc2)cc1. The van der Waals surface area contributed by atoms with Gasteiger partial charge in [0.15, 0.2) is 0 Å². The Balaban J connectivity index is 1.59. The second-order valence-electron chi connectivity index (χ2n) is 7.64. The van der Waals surface area contributed by atoms with Crippen molar-refractivity contribution in [2.75, 3.05) is 23.3 Å². The Morgan fingerprint density at radius 3 is 2.30 bits per heavy atom. The third-order valence-electron chi connectivity index (χ3n) is 5.04. The maximum Gasteiger partial charge on any atom is 0.264 e. The van der Waals surface area contributed by atoms with Crippen molar-refractivity contribution in [3.8, 4) is 11.8 Å². The van der Waals surface area contributed by atoms with Crippen LogP contribution in [0.25, 0.3) is 0 Å². The van der Waals surface area contributed by atoms with Crippen LogP contribution in [-0.2, 0) is 19.6 Å². The van der Waals surface area contributed by atoms with E-state index in [4.69, 9.17) is 10.00 Å². The van der Waals surface area contributed by atoms with Gasteiger partial charge < -0.3 is 10.1 Å². The molecule has 0 fully saturated rings. The van der Waals surface area contributed by atoms with E-state index in [2.05, 4.69) is 15.8 Å². The highest BCUT2D eigenvalue weighted by molar-refractivity contribution is 7.92. The predicted octanol–water partition coefficient (Wildman–Crippen LogP) is 3.28. The van der Waals surface area contributed by atoms with Crippen molar-refractivity contribution >= 4 is 39.4 Å². The maximum absolute atomic E-state index is 13.1. The lowest BCUT2D eigenvalue weighted by molar-refractivity contribution is -0.126. The minimum Gasteiger partial charge on any atom is -0.497 e. The summed E-state index contributed by atoms with van der Waals surface area (Å²) in [7, 11) is -2.32. The number of methoxy groups -OCH3 is 1. The van der Waals surface area contributed by atoms with Gasteiger partial charge in [-0.2, -0.15) is 10.4 Å². The summed E-state index contributed by atoms with van der Waals surface area (Å²) in [6, 6.07) is 23.1. The number of ether oxygens (including phenoxy) is 1. The molecule has 2 N–H and O–H groups in total. The van der Waals surface area contributed by atoms with Crippen molar-refractivity contribution in [1.29, 1.82) is 5.26 Å². The van der Waals surface area contributed by atoms with Gasteiger partial charge in [-0.1, -0.05) is 30.3 Å². The monoisotopic (exact) mass is 519 g/mol. The van der Waals surface area contributed by atoms with Gasteiger partial charge in [0.05, 0.1) is 36.4 Å². The average Bonchev–Trinajstić information content (AvgIpc) is 2.90. The van der Waals surface area contributed by atoms with Gasteiger partial charge >= 0.3 is 0 Å². The summed E-state index contributed by atoms with van der Waals surface area (Å²) < 4.78 is 32.4. The molecule has 2 amide bonds. The van der Waals surface area contributed by atoms with Crippen LogP contribution in [0.4, 0.5) is 11.4 Å². The van der Waals surface area contributed by atoms with Crippen molar-refractivity contribution < 1.29 is 22.7 Å². The number of hydrazone groups is 1. The number of nitrogens with one attached hydrogen (secondary N) is 2. The van der Waals surface area contributed by atoms with Gasteiger partial charge in [0.25, 0.3) is 10.0 Å². The molecule has 0 aromatic heterocycles. The highest BCUT2D eigenvalue weighted by Gasteiger charge is 2.24. The van der Waals surface area contributed by atoms with Crippen molar-refractivity contribution in [1.82, 2.24) is 5.43 Å². The summed E-state index contributed by atoms with van der Waals surface area (Å²) in [4.78, 5) is 24.2. The molecule has 0 bridgehead atoms. The third-order valence-corrected chi connectivity index (χ3v) is 6.88. The lowest BCUT2D eigenvalue weighted by Crippen LogP contribution is -2.31. The van der Waals surface area contributed by atoms with Crippen LogP contribution in [0.3, 0.4) is 0 Å². The summed E-state index contributed by atoms with van der Waals surface area (Å²) in [6.07, 6.45) is 0.967. The van der Waals surface area contributed by atoms with E-state index >= 15 is 0 Å². The van der Waals surface area contributed by atoms with Crippen molar-refractivity contribution in [3.63, 3.8) is 0 Å². The Hall–Kier alpha value is -4.69. The van der Waals surface area contributed by atoms with Gasteiger partial charge in [0.2, 0.25) is 11.8 Å². The minimum absolute atomic E-state index is 0.00416. The lowest BCUT2D eigenvalue weighted by atomic mass is 10.2. The molecule has 3 aromatic carbocycles. The first-order valence-corrected chi connectivity index (χ1v) is 12.6. The molecule has 37 heavy (non-hydrogen) atoms. The fourth-order valence-electron chi connectivity index (χ4n) is 3.23. The van der Waals surface area contributed by atoms with Gasteiger partial charge in [-0.05, 0) is 54.1 Å². The first-order chi connectivity index (χ1) is 17.8. The highest BCUT2D eigenvalue weighted by atomic mass is 32.2. The molecule has 0 aliphatic rings. The van der Waals surface area contributed by atoms with Crippen molar-refractivity contribution in [2.45, 2.75) is 17.7 Å². The molecule has 190 valence electrons. The molecule has 0 radical (unpaired) electrons. The average molecular weight is 520 g/mol. The van der Waals surface area contributed by atoms with E-state index < -0.39 is 28.3 Å². The molecule has 0 saturated heterocycles. The van der Waals surface area contributed by atoms with Crippen LogP contribution in [0.1, 0.15) is 18.4 Å². The molecule has 10 nitrogen and oxygen atoms in total. The van der Waals surface area contributed by atoms with Crippen LogP contribution in [0.15, 0.2) is 88.9 Å². The van der Waals surface area contributed by atoms with Crippen LogP contribution < -0.4 is 19.8 Å². The third kappa shape index (κ3) is 7.65. The number of carbonyl (C=O) groups is 2. The Bertz CT molecular complexity index is 1380. The molecule has 0 atom stereocenters. The standard InChI is InChI=1S/C26H25N5O5S/c1-36-23-14-10-21(11-15-23)29-25(32)18-26(33)30-28-19-20-8-12-22(13-9-20)31(17-5-16-27)37(34,35)24-6-3-2-4-7-24/h2-4,6-15,19H,5,17-18H2,1H3,(H,29,32)(H,30,33). The largest absolute Gasteiger partial charge is 0.497 e. The van der Waals surface area contributed by atoms with E-state index in [1.807, 2.05) is 6.07 Å². The maximum atomic E-state index is 13.1. The van der Waals surface area contributed by atoms with Crippen LogP contribution in [0, 0.1) is 11.3 Å². The number of rotatable bonds is 11. The number of benzene rings is 3. The van der Waals surface area contributed by atoms with E-state index in [9.17, 15) is 18.0 Å². The number of anilines is 2. The van der Waals surface area contributed by atoms with Gasteiger partial charge in [0, 0.05) is 12.2 Å². The molecule has 0 aliphatic carbocycles. The van der Waals surface area contributed by atoms with E-state index in [0.717, 1.165) is 0 Å². The molecule has 0 heterocycles. The summed E-state index contributed by atoms with van der Waals surface area (Å²) in [6.45, 7) is -0.00416. The van der Waals surface area contributed by atoms with E-state index in [1.54, 1.807) is 66.7 Å². The number of hydrogen-bond acceptors (Lipinski definition) is 7. The quantitative estimate of drug-likeness (QED) is 0.226. The molecule has 0 unspecified atom stereocenters. The molecule has 3 rings (SSSR count). The van der Waals surface area contributed by atoms with Gasteiger partial charge in [-0.25, -0.2) is 13.8 Å². The molecule has 0 saturated carbocycles. The van der Waals surface area contributed by atoms with Crippen molar-refractivity contribution in [3.05, 3.63) is 84.4 Å². The summed E-state index contributed by atoms with van der Waals surface area (Å²) >= 11 is 0. The Kier molecular flexibility index (Phi) is 9.35. The van der Waals surface area contributed by atoms with E-state index in [1.165, 1.54) is 29.8 Å². The topological polar surface area (TPSA) is 141 Å².